The van der Waals surface area contributed by atoms with Gasteiger partial charge in [0.15, 0.2) is 0 Å². The van der Waals surface area contributed by atoms with Crippen molar-refractivity contribution in [3.05, 3.63) is 34.9 Å². The van der Waals surface area contributed by atoms with Crippen molar-refractivity contribution in [2.45, 2.75) is 51.2 Å². The number of carbonyl (C=O) groups excluding carboxylic acids is 2. The van der Waals surface area contributed by atoms with Crippen molar-refractivity contribution in [1.82, 2.24) is 19.4 Å². The van der Waals surface area contributed by atoms with Gasteiger partial charge in [0.1, 0.15) is 6.04 Å². The minimum absolute atomic E-state index is 0.193. The third-order valence-electron chi connectivity index (χ3n) is 5.50. The van der Waals surface area contributed by atoms with Crippen LogP contribution in [0.15, 0.2) is 24.3 Å². The Bertz CT molecular complexity index is 890. The van der Waals surface area contributed by atoms with E-state index in [-0.39, 0.29) is 30.3 Å². The van der Waals surface area contributed by atoms with Gasteiger partial charge in [0.2, 0.25) is 21.8 Å². The molecule has 2 amide bonds. The van der Waals surface area contributed by atoms with Crippen molar-refractivity contribution in [2.75, 3.05) is 40.0 Å². The van der Waals surface area contributed by atoms with Crippen LogP contribution < -0.4 is 5.32 Å². The van der Waals surface area contributed by atoms with Crippen LogP contribution in [0, 0.1) is 0 Å². The van der Waals surface area contributed by atoms with Crippen molar-refractivity contribution >= 4 is 33.4 Å². The number of hydrogen-bond acceptors (Lipinski definition) is 5. The fourth-order valence-corrected chi connectivity index (χ4v) is 5.70. The first kappa shape index (κ1) is 26.6. The number of likely N-dealkylation sites (tertiary alicyclic amines) is 1. The van der Waals surface area contributed by atoms with Gasteiger partial charge in [0.05, 0.1) is 6.26 Å². The maximum Gasteiger partial charge on any atom is 0.245 e. The lowest BCUT2D eigenvalue weighted by atomic mass is 10.0. The van der Waals surface area contributed by atoms with Crippen LogP contribution in [0.2, 0.25) is 5.02 Å². The quantitative estimate of drug-likeness (QED) is 0.542. The number of rotatable bonds is 10. The molecule has 2 atom stereocenters. The molecule has 1 aliphatic rings. The number of benzene rings is 1. The normalized spacial score (nSPS) is 17.9. The molecule has 180 valence electrons. The fraction of sp³-hybridized carbons (Fsp3) is 0.636. The van der Waals surface area contributed by atoms with Gasteiger partial charge in [-0.15, -0.1) is 0 Å². The summed E-state index contributed by atoms with van der Waals surface area (Å²) in [5.74, 6) is -0.389. The van der Waals surface area contributed by atoms with Crippen LogP contribution in [0.4, 0.5) is 0 Å². The van der Waals surface area contributed by atoms with E-state index in [2.05, 4.69) is 5.32 Å². The summed E-state index contributed by atoms with van der Waals surface area (Å²) in [6.45, 7) is 5.01. The Hall–Kier alpha value is -1.68. The van der Waals surface area contributed by atoms with Gasteiger partial charge in [0, 0.05) is 49.6 Å². The average molecular weight is 487 g/mol. The Balaban J connectivity index is 2.16. The molecule has 1 aromatic carbocycles. The number of nitrogens with one attached hydrogen (secondary N) is 1. The highest BCUT2D eigenvalue weighted by molar-refractivity contribution is 7.88. The Morgan fingerprint density at radius 2 is 1.84 bits per heavy atom. The molecule has 0 saturated carbocycles. The van der Waals surface area contributed by atoms with Crippen molar-refractivity contribution in [3.63, 3.8) is 0 Å². The lowest BCUT2D eigenvalue weighted by Crippen LogP contribution is -2.51. The van der Waals surface area contributed by atoms with E-state index in [9.17, 15) is 18.0 Å². The highest BCUT2D eigenvalue weighted by Crippen LogP contribution is 2.22. The van der Waals surface area contributed by atoms with Gasteiger partial charge < -0.3 is 15.1 Å². The molecular weight excluding hydrogens is 452 g/mol. The molecule has 0 aliphatic carbocycles. The number of hydrogen-bond donors (Lipinski definition) is 1. The smallest absolute Gasteiger partial charge is 0.245 e. The molecule has 1 saturated heterocycles. The lowest BCUT2D eigenvalue weighted by Gasteiger charge is -2.30. The SMILES string of the molecule is CC(C)N([C@H]1CCN(C(=O)[C@@H](Cc2ccc(Cl)cc2)NC(=O)CCN(C)C)C1)S(C)(=O)=O. The summed E-state index contributed by atoms with van der Waals surface area (Å²) in [5.41, 5.74) is 0.886. The van der Waals surface area contributed by atoms with Crippen LogP contribution in [0.5, 0.6) is 0 Å². The second-order valence-electron chi connectivity index (χ2n) is 8.92. The Morgan fingerprint density at radius 1 is 1.22 bits per heavy atom. The third kappa shape index (κ3) is 7.72. The molecule has 0 radical (unpaired) electrons. The zero-order valence-electron chi connectivity index (χ0n) is 19.5. The maximum atomic E-state index is 13.4. The van der Waals surface area contributed by atoms with Gasteiger partial charge in [-0.2, -0.15) is 4.31 Å². The van der Waals surface area contributed by atoms with E-state index in [4.69, 9.17) is 11.6 Å². The molecule has 1 heterocycles. The maximum absolute atomic E-state index is 13.4. The highest BCUT2D eigenvalue weighted by atomic mass is 35.5. The van der Waals surface area contributed by atoms with Gasteiger partial charge in [-0.25, -0.2) is 8.42 Å². The minimum Gasteiger partial charge on any atom is -0.344 e. The van der Waals surface area contributed by atoms with Crippen LogP contribution in [-0.2, 0) is 26.0 Å². The summed E-state index contributed by atoms with van der Waals surface area (Å²) >= 11 is 5.97. The van der Waals surface area contributed by atoms with E-state index in [0.717, 1.165) is 5.56 Å². The zero-order valence-corrected chi connectivity index (χ0v) is 21.1. The number of nitrogens with zero attached hydrogens (tertiary/aromatic N) is 3. The minimum atomic E-state index is -3.40. The van der Waals surface area contributed by atoms with Gasteiger partial charge in [-0.1, -0.05) is 23.7 Å². The highest BCUT2D eigenvalue weighted by Gasteiger charge is 2.38. The van der Waals surface area contributed by atoms with Crippen molar-refractivity contribution in [3.8, 4) is 0 Å². The molecule has 2 rings (SSSR count). The summed E-state index contributed by atoms with van der Waals surface area (Å²) in [4.78, 5) is 29.5. The van der Waals surface area contributed by atoms with Crippen molar-refractivity contribution in [1.29, 1.82) is 0 Å². The monoisotopic (exact) mass is 486 g/mol. The lowest BCUT2D eigenvalue weighted by molar-refractivity contribution is -0.135. The van der Waals surface area contributed by atoms with E-state index in [1.165, 1.54) is 10.6 Å². The molecule has 1 N–H and O–H groups in total. The van der Waals surface area contributed by atoms with Gasteiger partial charge in [0.25, 0.3) is 0 Å². The van der Waals surface area contributed by atoms with Crippen LogP contribution in [0.25, 0.3) is 0 Å². The molecule has 10 heteroatoms. The first-order valence-corrected chi connectivity index (χ1v) is 13.1. The van der Waals surface area contributed by atoms with E-state index in [1.54, 1.807) is 17.0 Å². The van der Waals surface area contributed by atoms with E-state index >= 15 is 0 Å². The fourth-order valence-electron chi connectivity index (χ4n) is 4.09. The molecule has 1 fully saturated rings. The van der Waals surface area contributed by atoms with Gasteiger partial charge >= 0.3 is 0 Å². The van der Waals surface area contributed by atoms with Crippen molar-refractivity contribution < 1.29 is 18.0 Å². The first-order chi connectivity index (χ1) is 14.9. The zero-order chi connectivity index (χ0) is 24.1. The van der Waals surface area contributed by atoms with Crippen molar-refractivity contribution in [2.24, 2.45) is 0 Å². The summed E-state index contributed by atoms with van der Waals surface area (Å²) in [5, 5.41) is 3.49. The Kier molecular flexibility index (Phi) is 9.51. The summed E-state index contributed by atoms with van der Waals surface area (Å²) in [7, 11) is 0.375. The Morgan fingerprint density at radius 3 is 2.38 bits per heavy atom. The Labute approximate surface area is 196 Å². The second kappa shape index (κ2) is 11.4. The largest absolute Gasteiger partial charge is 0.344 e. The predicted molar refractivity (Wildman–Crippen MR) is 127 cm³/mol. The average Bonchev–Trinajstić information content (AvgIpc) is 3.14. The molecule has 1 aliphatic heterocycles. The molecule has 0 aromatic heterocycles. The van der Waals surface area contributed by atoms with E-state index < -0.39 is 16.1 Å². The molecule has 0 unspecified atom stereocenters. The van der Waals surface area contributed by atoms with Crippen LogP contribution in [-0.4, -0.2) is 92.4 Å². The van der Waals surface area contributed by atoms with Crippen LogP contribution in [0.3, 0.4) is 0 Å². The molecular formula is C22H35ClN4O4S. The van der Waals surface area contributed by atoms with E-state index in [1.807, 2.05) is 45.0 Å². The predicted octanol–water partition coefficient (Wildman–Crippen LogP) is 1.59. The number of amides is 2. The van der Waals surface area contributed by atoms with Crippen LogP contribution >= 0.6 is 11.6 Å². The summed E-state index contributed by atoms with van der Waals surface area (Å²) < 4.78 is 26.0. The first-order valence-electron chi connectivity index (χ1n) is 10.8. The number of carbonyl (C=O) groups is 2. The molecule has 32 heavy (non-hydrogen) atoms. The molecule has 0 bridgehead atoms. The van der Waals surface area contributed by atoms with Gasteiger partial charge in [-0.3, -0.25) is 9.59 Å². The number of sulfonamides is 1. The topological polar surface area (TPSA) is 90.0 Å². The van der Waals surface area contributed by atoms with Gasteiger partial charge in [-0.05, 0) is 52.1 Å². The third-order valence-corrected chi connectivity index (χ3v) is 7.24. The standard InChI is InChI=1S/C22H35ClN4O4S/c1-16(2)27(32(5,30)31)19-10-13-26(15-19)22(29)20(24-21(28)11-12-25(3)4)14-17-6-8-18(23)9-7-17/h6-9,16,19-20H,10-15H2,1-5H3,(H,24,28)/t19-,20+/m0/s1. The van der Waals surface area contributed by atoms with E-state index in [0.29, 0.717) is 37.5 Å². The molecule has 1 aromatic rings. The van der Waals surface area contributed by atoms with Crippen LogP contribution in [0.1, 0.15) is 32.3 Å². The summed E-state index contributed by atoms with van der Waals surface area (Å²) in [6, 6.07) is 6.00. The molecule has 8 nitrogen and oxygen atoms in total. The number of halogens is 1. The summed E-state index contributed by atoms with van der Waals surface area (Å²) in [6.07, 6.45) is 2.39. The molecule has 0 spiro atoms. The second-order valence-corrected chi connectivity index (χ2v) is 11.2.